The molecule has 0 bridgehead atoms. The zero-order valence-electron chi connectivity index (χ0n) is 8.03. The second kappa shape index (κ2) is 4.92. The third-order valence-corrected chi connectivity index (χ3v) is 1.60. The number of hydrogen-bond donors (Lipinski definition) is 2. The third-order valence-electron chi connectivity index (χ3n) is 1.60. The number of carboxylic acid groups (broad SMARTS) is 1. The highest BCUT2D eigenvalue weighted by Gasteiger charge is 2.25. The van der Waals surface area contributed by atoms with E-state index in [1.54, 1.807) is 0 Å². The lowest BCUT2D eigenvalue weighted by Crippen LogP contribution is -2.31. The van der Waals surface area contributed by atoms with E-state index in [0.29, 0.717) is 0 Å². The smallest absolute Gasteiger partial charge is 0.401 e. The van der Waals surface area contributed by atoms with Crippen molar-refractivity contribution in [2.75, 3.05) is 13.1 Å². The summed E-state index contributed by atoms with van der Waals surface area (Å²) in [7, 11) is 0. The molecule has 90 valence electrons. The van der Waals surface area contributed by atoms with Crippen molar-refractivity contribution < 1.29 is 23.1 Å². The highest BCUT2D eigenvalue weighted by atomic mass is 19.4. The van der Waals surface area contributed by atoms with Gasteiger partial charge in [-0.05, 0) is 0 Å². The van der Waals surface area contributed by atoms with E-state index in [1.807, 2.05) is 0 Å². The van der Waals surface area contributed by atoms with Gasteiger partial charge in [0.25, 0.3) is 0 Å². The van der Waals surface area contributed by atoms with Crippen molar-refractivity contribution in [1.29, 1.82) is 0 Å². The lowest BCUT2D eigenvalue weighted by molar-refractivity contribution is -0.124. The van der Waals surface area contributed by atoms with Gasteiger partial charge in [0.1, 0.15) is 0 Å². The van der Waals surface area contributed by atoms with Crippen LogP contribution in [0.1, 0.15) is 10.5 Å². The fourth-order valence-corrected chi connectivity index (χ4v) is 0.929. The minimum atomic E-state index is -4.26. The van der Waals surface area contributed by atoms with Crippen LogP contribution in [0.5, 0.6) is 0 Å². The Morgan fingerprint density at radius 2 is 2.25 bits per heavy atom. The topological polar surface area (TPSA) is 80.0 Å². The van der Waals surface area contributed by atoms with Crippen molar-refractivity contribution in [1.82, 2.24) is 20.3 Å². The standard InChI is InChI=1S/C7H9F3N4O2/c8-7(9,10)4-11-1-2-14-3-5(6(15)16)12-13-14/h3,11H,1-2,4H2,(H,15,16). The minimum Gasteiger partial charge on any atom is -0.476 e. The second-order valence-corrected chi connectivity index (χ2v) is 2.96. The first-order valence-electron chi connectivity index (χ1n) is 4.29. The van der Waals surface area contributed by atoms with Crippen LogP contribution in [0.25, 0.3) is 0 Å². The SMILES string of the molecule is O=C(O)c1cn(CCNCC(F)(F)F)nn1. The van der Waals surface area contributed by atoms with Crippen LogP contribution >= 0.6 is 0 Å². The summed E-state index contributed by atoms with van der Waals surface area (Å²) in [6, 6.07) is 0. The van der Waals surface area contributed by atoms with Gasteiger partial charge in [0.15, 0.2) is 5.69 Å². The highest BCUT2D eigenvalue weighted by molar-refractivity contribution is 5.84. The molecular weight excluding hydrogens is 229 g/mol. The van der Waals surface area contributed by atoms with Crippen molar-refractivity contribution >= 4 is 5.97 Å². The zero-order valence-corrected chi connectivity index (χ0v) is 8.03. The first-order valence-corrected chi connectivity index (χ1v) is 4.29. The quantitative estimate of drug-likeness (QED) is 0.712. The molecule has 2 N–H and O–H groups in total. The summed E-state index contributed by atoms with van der Waals surface area (Å²) in [5.74, 6) is -1.23. The van der Waals surface area contributed by atoms with Gasteiger partial charge in [-0.25, -0.2) is 4.79 Å². The molecule has 0 aromatic carbocycles. The predicted molar refractivity (Wildman–Crippen MR) is 45.9 cm³/mol. The van der Waals surface area contributed by atoms with Crippen molar-refractivity contribution in [3.05, 3.63) is 11.9 Å². The molecule has 1 rings (SSSR count). The minimum absolute atomic E-state index is 0.0297. The molecule has 0 aliphatic rings. The van der Waals surface area contributed by atoms with E-state index in [4.69, 9.17) is 5.11 Å². The van der Waals surface area contributed by atoms with E-state index in [2.05, 4.69) is 15.6 Å². The summed E-state index contributed by atoms with van der Waals surface area (Å²) in [5.41, 5.74) is -0.240. The Balaban J connectivity index is 2.30. The number of nitrogens with zero attached hydrogens (tertiary/aromatic N) is 3. The molecule has 0 atom stereocenters. The maximum absolute atomic E-state index is 11.7. The van der Waals surface area contributed by atoms with Gasteiger partial charge in [0.2, 0.25) is 0 Å². The lowest BCUT2D eigenvalue weighted by atomic mass is 10.5. The average molecular weight is 238 g/mol. The fraction of sp³-hybridized carbons (Fsp3) is 0.571. The van der Waals surface area contributed by atoms with Gasteiger partial charge in [-0.1, -0.05) is 5.21 Å². The molecule has 0 fully saturated rings. The number of carbonyl (C=O) groups is 1. The molecule has 1 aromatic rings. The molecule has 0 aliphatic heterocycles. The number of nitrogens with one attached hydrogen (secondary N) is 1. The monoisotopic (exact) mass is 238 g/mol. The van der Waals surface area contributed by atoms with Gasteiger partial charge in [-0.3, -0.25) is 4.68 Å². The molecule has 0 saturated carbocycles. The molecule has 0 radical (unpaired) electrons. The third kappa shape index (κ3) is 4.26. The Hall–Kier alpha value is -1.64. The van der Waals surface area contributed by atoms with E-state index >= 15 is 0 Å². The Bertz CT molecular complexity index is 363. The van der Waals surface area contributed by atoms with Crippen molar-refractivity contribution in [3.63, 3.8) is 0 Å². The first kappa shape index (κ1) is 12.4. The summed E-state index contributed by atoms with van der Waals surface area (Å²) in [6.45, 7) is -0.939. The van der Waals surface area contributed by atoms with E-state index in [-0.39, 0.29) is 18.8 Å². The Morgan fingerprint density at radius 3 is 2.75 bits per heavy atom. The Labute approximate surface area is 88.1 Å². The molecule has 0 unspecified atom stereocenters. The van der Waals surface area contributed by atoms with Crippen molar-refractivity contribution in [2.45, 2.75) is 12.7 Å². The maximum atomic E-state index is 11.7. The van der Waals surface area contributed by atoms with Gasteiger partial charge in [0, 0.05) is 6.54 Å². The first-order chi connectivity index (χ1) is 7.38. The summed E-state index contributed by atoms with van der Waals surface area (Å²) in [5, 5.41) is 17.4. The van der Waals surface area contributed by atoms with Crippen LogP contribution in [0, 0.1) is 0 Å². The van der Waals surface area contributed by atoms with Crippen LogP contribution in [-0.4, -0.2) is 45.3 Å². The maximum Gasteiger partial charge on any atom is 0.401 e. The van der Waals surface area contributed by atoms with Crippen LogP contribution in [0.2, 0.25) is 0 Å². The molecule has 0 saturated heterocycles. The van der Waals surface area contributed by atoms with Crippen molar-refractivity contribution in [3.8, 4) is 0 Å². The average Bonchev–Trinajstić information content (AvgIpc) is 2.59. The van der Waals surface area contributed by atoms with Gasteiger partial charge in [0.05, 0.1) is 19.3 Å². The number of hydrogen-bond acceptors (Lipinski definition) is 4. The lowest BCUT2D eigenvalue weighted by Gasteiger charge is -2.07. The summed E-state index contributed by atoms with van der Waals surface area (Å²) < 4.78 is 36.3. The largest absolute Gasteiger partial charge is 0.476 e. The van der Waals surface area contributed by atoms with E-state index in [0.717, 1.165) is 10.9 Å². The van der Waals surface area contributed by atoms with E-state index < -0.39 is 18.7 Å². The summed E-state index contributed by atoms with van der Waals surface area (Å²) in [6.07, 6.45) is -3.10. The number of aromatic nitrogens is 3. The molecule has 6 nitrogen and oxygen atoms in total. The van der Waals surface area contributed by atoms with Crippen LogP contribution in [0.4, 0.5) is 13.2 Å². The molecule has 0 aliphatic carbocycles. The van der Waals surface area contributed by atoms with Crippen LogP contribution in [0.15, 0.2) is 6.20 Å². The molecule has 0 spiro atoms. The summed E-state index contributed by atoms with van der Waals surface area (Å²) in [4.78, 5) is 10.4. The molecule has 1 heterocycles. The highest BCUT2D eigenvalue weighted by Crippen LogP contribution is 2.11. The number of alkyl halides is 3. The normalized spacial score (nSPS) is 11.7. The molecular formula is C7H9F3N4O2. The molecule has 1 aromatic heterocycles. The van der Waals surface area contributed by atoms with E-state index in [9.17, 15) is 18.0 Å². The zero-order chi connectivity index (χ0) is 12.2. The van der Waals surface area contributed by atoms with E-state index in [1.165, 1.54) is 0 Å². The van der Waals surface area contributed by atoms with Gasteiger partial charge >= 0.3 is 12.1 Å². The van der Waals surface area contributed by atoms with Gasteiger partial charge in [-0.15, -0.1) is 5.10 Å². The fourth-order valence-electron chi connectivity index (χ4n) is 0.929. The summed E-state index contributed by atoms with van der Waals surface area (Å²) >= 11 is 0. The number of halogens is 3. The van der Waals surface area contributed by atoms with Gasteiger partial charge < -0.3 is 10.4 Å². The van der Waals surface area contributed by atoms with Crippen molar-refractivity contribution in [2.24, 2.45) is 0 Å². The van der Waals surface area contributed by atoms with Crippen LogP contribution < -0.4 is 5.32 Å². The van der Waals surface area contributed by atoms with Crippen LogP contribution in [-0.2, 0) is 6.54 Å². The Kier molecular flexibility index (Phi) is 3.82. The van der Waals surface area contributed by atoms with Crippen LogP contribution in [0.3, 0.4) is 0 Å². The van der Waals surface area contributed by atoms with Gasteiger partial charge in [-0.2, -0.15) is 13.2 Å². The number of carboxylic acids is 1. The molecule has 9 heteroatoms. The molecule has 0 amide bonds. The Morgan fingerprint density at radius 1 is 1.56 bits per heavy atom. The predicted octanol–water partition coefficient (Wildman–Crippen LogP) is 0.128. The number of aromatic carboxylic acids is 1. The second-order valence-electron chi connectivity index (χ2n) is 2.96. The number of rotatable bonds is 5. The molecule has 16 heavy (non-hydrogen) atoms.